The summed E-state index contributed by atoms with van der Waals surface area (Å²) in [7, 11) is 0. The number of carboxylic acids is 1. The molecule has 35 heavy (non-hydrogen) atoms. The van der Waals surface area contributed by atoms with Crippen LogP contribution in [-0.4, -0.2) is 33.1 Å². The van der Waals surface area contributed by atoms with Crippen LogP contribution in [-0.2, 0) is 4.79 Å². The molecule has 0 radical (unpaired) electrons. The van der Waals surface area contributed by atoms with Crippen molar-refractivity contribution in [2.75, 3.05) is 0 Å². The highest BCUT2D eigenvalue weighted by Gasteiger charge is 2.17. The van der Waals surface area contributed by atoms with Crippen molar-refractivity contribution in [3.05, 3.63) is 93.7 Å². The minimum absolute atomic E-state index is 0.243. The third kappa shape index (κ3) is 4.51. The third-order valence-electron chi connectivity index (χ3n) is 5.32. The lowest BCUT2D eigenvalue weighted by Crippen LogP contribution is -2.22. The van der Waals surface area contributed by atoms with Gasteiger partial charge in [0, 0.05) is 10.4 Å². The molecule has 0 aliphatic carbocycles. The fourth-order valence-corrected chi connectivity index (χ4v) is 3.71. The Bertz CT molecular complexity index is 1650. The Morgan fingerprint density at radius 1 is 1.14 bits per heavy atom. The number of para-hydroxylation sites is 1. The second kappa shape index (κ2) is 9.08. The maximum Gasteiger partial charge on any atom is 0.344 e. The molecular weight excluding hydrogens is 470 g/mol. The van der Waals surface area contributed by atoms with Gasteiger partial charge in [-0.05, 0) is 73.2 Å². The van der Waals surface area contributed by atoms with Gasteiger partial charge in [-0.2, -0.15) is 9.78 Å². The Hall–Kier alpha value is -4.43. The van der Waals surface area contributed by atoms with Crippen LogP contribution in [0.15, 0.2) is 87.1 Å². The van der Waals surface area contributed by atoms with Crippen LogP contribution in [0.25, 0.3) is 33.5 Å². The average Bonchev–Trinajstić information content (AvgIpc) is 3.27. The number of carboxylic acid groups (broad SMARTS) is 1. The molecule has 8 nitrogen and oxygen atoms in total. The zero-order valence-corrected chi connectivity index (χ0v) is 19.1. The van der Waals surface area contributed by atoms with E-state index in [9.17, 15) is 9.59 Å². The van der Waals surface area contributed by atoms with E-state index in [-0.39, 0.29) is 11.4 Å². The topological polar surface area (TPSA) is 107 Å². The van der Waals surface area contributed by atoms with Crippen LogP contribution in [0.2, 0.25) is 5.02 Å². The molecule has 1 atom stereocenters. The minimum Gasteiger partial charge on any atom is -0.479 e. The SMILES string of the molecule is C[C@@H](Oc1ccc(C=Nn2c(-c3cc4cc(Cl)ccc4o3)nc3ccccc3c2=O)cc1)C(=O)O. The van der Waals surface area contributed by atoms with Gasteiger partial charge in [-0.15, -0.1) is 0 Å². The minimum atomic E-state index is -1.06. The largest absolute Gasteiger partial charge is 0.479 e. The molecule has 5 aromatic rings. The second-order valence-corrected chi connectivity index (χ2v) is 8.21. The molecule has 0 aliphatic rings. The van der Waals surface area contributed by atoms with Crippen LogP contribution in [0.3, 0.4) is 0 Å². The van der Waals surface area contributed by atoms with Crippen LogP contribution < -0.4 is 10.3 Å². The quantitative estimate of drug-likeness (QED) is 0.330. The van der Waals surface area contributed by atoms with Gasteiger partial charge in [0.25, 0.3) is 5.56 Å². The van der Waals surface area contributed by atoms with Gasteiger partial charge in [0.2, 0.25) is 5.82 Å². The molecule has 2 heterocycles. The van der Waals surface area contributed by atoms with Gasteiger partial charge in [-0.3, -0.25) is 4.79 Å². The number of rotatable bonds is 6. The number of hydrogen-bond acceptors (Lipinski definition) is 6. The molecule has 0 aliphatic heterocycles. The Labute approximate surface area is 203 Å². The number of nitrogens with zero attached hydrogens (tertiary/aromatic N) is 3. The number of benzene rings is 3. The Morgan fingerprint density at radius 2 is 1.91 bits per heavy atom. The summed E-state index contributed by atoms with van der Waals surface area (Å²) in [5, 5.41) is 15.2. The Kier molecular flexibility index (Phi) is 5.80. The summed E-state index contributed by atoms with van der Waals surface area (Å²) in [6.07, 6.45) is 0.531. The van der Waals surface area contributed by atoms with E-state index in [1.807, 2.05) is 0 Å². The summed E-state index contributed by atoms with van der Waals surface area (Å²) in [4.78, 5) is 28.9. The number of aromatic nitrogens is 2. The summed E-state index contributed by atoms with van der Waals surface area (Å²) in [6, 6.07) is 20.7. The van der Waals surface area contributed by atoms with Crippen LogP contribution in [0.5, 0.6) is 5.75 Å². The number of aliphatic carboxylic acids is 1. The molecule has 0 spiro atoms. The number of hydrogen-bond donors (Lipinski definition) is 1. The number of ether oxygens (including phenoxy) is 1. The number of furan rings is 1. The fraction of sp³-hybridized carbons (Fsp3) is 0.0769. The van der Waals surface area contributed by atoms with E-state index in [4.69, 9.17) is 25.9 Å². The summed E-state index contributed by atoms with van der Waals surface area (Å²) in [5.41, 5.74) is 1.44. The third-order valence-corrected chi connectivity index (χ3v) is 5.55. The van der Waals surface area contributed by atoms with Gasteiger partial charge in [0.05, 0.1) is 17.1 Å². The molecule has 0 amide bonds. The molecule has 5 rings (SSSR count). The normalized spacial score (nSPS) is 12.4. The predicted octanol–water partition coefficient (Wildman–Crippen LogP) is 5.20. The molecular formula is C26H18ClN3O5. The van der Waals surface area contributed by atoms with Crippen LogP contribution in [0, 0.1) is 0 Å². The van der Waals surface area contributed by atoms with Crippen molar-refractivity contribution in [3.8, 4) is 17.3 Å². The van der Waals surface area contributed by atoms with Gasteiger partial charge in [-0.1, -0.05) is 23.7 Å². The van der Waals surface area contributed by atoms with E-state index in [0.717, 1.165) is 5.39 Å². The smallest absolute Gasteiger partial charge is 0.344 e. The van der Waals surface area contributed by atoms with E-state index in [1.54, 1.807) is 72.8 Å². The van der Waals surface area contributed by atoms with E-state index >= 15 is 0 Å². The molecule has 1 N–H and O–H groups in total. The lowest BCUT2D eigenvalue weighted by molar-refractivity contribution is -0.144. The molecule has 0 saturated carbocycles. The van der Waals surface area contributed by atoms with Crippen LogP contribution >= 0.6 is 11.6 Å². The molecule has 9 heteroatoms. The first-order chi connectivity index (χ1) is 16.9. The first kappa shape index (κ1) is 22.4. The van der Waals surface area contributed by atoms with Crippen molar-refractivity contribution in [3.63, 3.8) is 0 Å². The standard InChI is InChI=1S/C26H18ClN3O5/c1-15(26(32)33)34-19-9-6-16(7-10-19)14-28-30-24(29-21-5-3-2-4-20(21)25(30)31)23-13-17-12-18(27)8-11-22(17)35-23/h2-15H,1H3,(H,32,33)/t15-/m1/s1. The molecule has 3 aromatic carbocycles. The molecule has 174 valence electrons. The van der Waals surface area contributed by atoms with E-state index < -0.39 is 12.1 Å². The van der Waals surface area contributed by atoms with Crippen molar-refractivity contribution in [1.29, 1.82) is 0 Å². The van der Waals surface area contributed by atoms with Gasteiger partial charge < -0.3 is 14.3 Å². The number of carbonyl (C=O) groups is 1. The van der Waals surface area contributed by atoms with Gasteiger partial charge in [0.1, 0.15) is 11.3 Å². The zero-order valence-electron chi connectivity index (χ0n) is 18.4. The van der Waals surface area contributed by atoms with Gasteiger partial charge >= 0.3 is 5.97 Å². The van der Waals surface area contributed by atoms with Crippen LogP contribution in [0.1, 0.15) is 12.5 Å². The summed E-state index contributed by atoms with van der Waals surface area (Å²) in [6.45, 7) is 1.45. The second-order valence-electron chi connectivity index (χ2n) is 7.77. The van der Waals surface area contributed by atoms with Gasteiger partial charge in [-0.25, -0.2) is 9.78 Å². The predicted molar refractivity (Wildman–Crippen MR) is 133 cm³/mol. The van der Waals surface area contributed by atoms with Crippen molar-refractivity contribution in [1.82, 2.24) is 9.66 Å². The highest BCUT2D eigenvalue weighted by Crippen LogP contribution is 2.29. The van der Waals surface area contributed by atoms with Crippen LogP contribution in [0.4, 0.5) is 0 Å². The van der Waals surface area contributed by atoms with Crippen molar-refractivity contribution in [2.45, 2.75) is 13.0 Å². The average molecular weight is 488 g/mol. The first-order valence-corrected chi connectivity index (χ1v) is 11.0. The summed E-state index contributed by atoms with van der Waals surface area (Å²) >= 11 is 6.11. The van der Waals surface area contributed by atoms with Gasteiger partial charge in [0.15, 0.2) is 11.9 Å². The van der Waals surface area contributed by atoms with Crippen molar-refractivity contribution >= 4 is 45.7 Å². The molecule has 0 unspecified atom stereocenters. The number of fused-ring (bicyclic) bond motifs is 2. The fourth-order valence-electron chi connectivity index (χ4n) is 3.53. The highest BCUT2D eigenvalue weighted by molar-refractivity contribution is 6.31. The lowest BCUT2D eigenvalue weighted by atomic mass is 10.2. The maximum atomic E-state index is 13.3. The molecule has 2 aromatic heterocycles. The molecule has 0 saturated heterocycles. The zero-order chi connectivity index (χ0) is 24.5. The van der Waals surface area contributed by atoms with E-state index in [1.165, 1.54) is 17.8 Å². The van der Waals surface area contributed by atoms with Crippen molar-refractivity contribution < 1.29 is 19.1 Å². The number of halogens is 1. The van der Waals surface area contributed by atoms with E-state index in [0.29, 0.717) is 38.6 Å². The first-order valence-electron chi connectivity index (χ1n) is 10.6. The monoisotopic (exact) mass is 487 g/mol. The summed E-state index contributed by atoms with van der Waals surface area (Å²) in [5.74, 6) is -0.0383. The van der Waals surface area contributed by atoms with E-state index in [2.05, 4.69) is 10.1 Å². The Balaban J connectivity index is 1.57. The lowest BCUT2D eigenvalue weighted by Gasteiger charge is -2.10. The summed E-state index contributed by atoms with van der Waals surface area (Å²) < 4.78 is 12.5. The van der Waals surface area contributed by atoms with Crippen molar-refractivity contribution in [2.24, 2.45) is 5.10 Å². The maximum absolute atomic E-state index is 13.3. The highest BCUT2D eigenvalue weighted by atomic mass is 35.5. The molecule has 0 bridgehead atoms. The Morgan fingerprint density at radius 3 is 2.69 bits per heavy atom. The molecule has 0 fully saturated rings.